The summed E-state index contributed by atoms with van der Waals surface area (Å²) in [6.07, 6.45) is 11.6. The zero-order valence-electron chi connectivity index (χ0n) is 7.92. The van der Waals surface area contributed by atoms with Crippen molar-refractivity contribution in [3.8, 4) is 0 Å². The van der Waals surface area contributed by atoms with Gasteiger partial charge in [0.05, 0.1) is 0 Å². The molecular formula is C11H19N. The van der Waals surface area contributed by atoms with E-state index in [1.165, 1.54) is 12.8 Å². The summed E-state index contributed by atoms with van der Waals surface area (Å²) in [5, 5.41) is 0. The first kappa shape index (κ1) is 11.2. The van der Waals surface area contributed by atoms with Crippen LogP contribution >= 0.6 is 0 Å². The largest absolute Gasteiger partial charge is 0.326 e. The molecule has 0 aliphatic heterocycles. The first-order valence-electron chi connectivity index (χ1n) is 4.53. The predicted octanol–water partition coefficient (Wildman–Crippen LogP) is 2.80. The van der Waals surface area contributed by atoms with E-state index in [4.69, 9.17) is 5.73 Å². The molecule has 0 aromatic heterocycles. The van der Waals surface area contributed by atoms with E-state index < -0.39 is 0 Å². The Bertz CT molecular complexity index is 166. The van der Waals surface area contributed by atoms with Crippen LogP contribution in [0.1, 0.15) is 26.2 Å². The van der Waals surface area contributed by atoms with Gasteiger partial charge in [-0.2, -0.15) is 0 Å². The SMILES string of the molecule is C=CC=C(C=CCCCC)CN. The summed E-state index contributed by atoms with van der Waals surface area (Å²) >= 11 is 0. The van der Waals surface area contributed by atoms with E-state index in [0.29, 0.717) is 6.54 Å². The van der Waals surface area contributed by atoms with E-state index in [0.717, 1.165) is 12.0 Å². The molecule has 0 rings (SSSR count). The van der Waals surface area contributed by atoms with Gasteiger partial charge in [0.25, 0.3) is 0 Å². The highest BCUT2D eigenvalue weighted by atomic mass is 14.5. The lowest BCUT2D eigenvalue weighted by atomic mass is 10.2. The van der Waals surface area contributed by atoms with Crippen molar-refractivity contribution in [3.63, 3.8) is 0 Å². The van der Waals surface area contributed by atoms with Crippen LogP contribution in [0.4, 0.5) is 0 Å². The molecule has 68 valence electrons. The fraction of sp³-hybridized carbons (Fsp3) is 0.455. The molecule has 0 fully saturated rings. The van der Waals surface area contributed by atoms with Crippen molar-refractivity contribution >= 4 is 0 Å². The van der Waals surface area contributed by atoms with Gasteiger partial charge < -0.3 is 5.73 Å². The third kappa shape index (κ3) is 5.93. The Kier molecular flexibility index (Phi) is 7.71. The lowest BCUT2D eigenvalue weighted by Gasteiger charge is -1.94. The Morgan fingerprint density at radius 3 is 2.75 bits per heavy atom. The van der Waals surface area contributed by atoms with Crippen LogP contribution in [-0.2, 0) is 0 Å². The Hall–Kier alpha value is -0.820. The van der Waals surface area contributed by atoms with Crippen LogP contribution in [0.3, 0.4) is 0 Å². The Morgan fingerprint density at radius 1 is 1.50 bits per heavy atom. The standard InChI is InChI=1S/C11H19N/c1-3-5-6-7-9-11(10-12)8-4-2/h4,7-9H,2-3,5-6,10,12H2,1H3. The summed E-state index contributed by atoms with van der Waals surface area (Å²) in [7, 11) is 0. The summed E-state index contributed by atoms with van der Waals surface area (Å²) in [5.41, 5.74) is 6.65. The second kappa shape index (κ2) is 8.28. The summed E-state index contributed by atoms with van der Waals surface area (Å²) in [4.78, 5) is 0. The van der Waals surface area contributed by atoms with E-state index in [-0.39, 0.29) is 0 Å². The highest BCUT2D eigenvalue weighted by molar-refractivity contribution is 5.23. The van der Waals surface area contributed by atoms with E-state index in [2.05, 4.69) is 25.7 Å². The van der Waals surface area contributed by atoms with Gasteiger partial charge in [-0.3, -0.25) is 0 Å². The fourth-order valence-corrected chi connectivity index (χ4v) is 0.900. The van der Waals surface area contributed by atoms with Gasteiger partial charge in [0.1, 0.15) is 0 Å². The molecule has 0 saturated carbocycles. The molecule has 0 spiro atoms. The predicted molar refractivity (Wildman–Crippen MR) is 56.0 cm³/mol. The Morgan fingerprint density at radius 2 is 2.25 bits per heavy atom. The van der Waals surface area contributed by atoms with Crippen LogP contribution in [0.5, 0.6) is 0 Å². The van der Waals surface area contributed by atoms with Crippen LogP contribution in [0.25, 0.3) is 0 Å². The third-order valence-corrected chi connectivity index (χ3v) is 1.62. The van der Waals surface area contributed by atoms with Crippen molar-refractivity contribution in [2.24, 2.45) is 5.73 Å². The van der Waals surface area contributed by atoms with Gasteiger partial charge in [0.2, 0.25) is 0 Å². The molecule has 0 aliphatic carbocycles. The summed E-state index contributed by atoms with van der Waals surface area (Å²) < 4.78 is 0. The number of unbranched alkanes of at least 4 members (excludes halogenated alkanes) is 2. The number of nitrogens with two attached hydrogens (primary N) is 1. The normalized spacial score (nSPS) is 12.3. The molecule has 0 saturated heterocycles. The number of allylic oxidation sites excluding steroid dienone is 3. The number of hydrogen-bond donors (Lipinski definition) is 1. The van der Waals surface area contributed by atoms with Crippen molar-refractivity contribution in [2.75, 3.05) is 6.54 Å². The highest BCUT2D eigenvalue weighted by Gasteiger charge is 1.84. The van der Waals surface area contributed by atoms with Gasteiger partial charge >= 0.3 is 0 Å². The van der Waals surface area contributed by atoms with Gasteiger partial charge in [-0.05, 0) is 12.0 Å². The minimum atomic E-state index is 0.592. The molecule has 12 heavy (non-hydrogen) atoms. The number of hydrogen-bond acceptors (Lipinski definition) is 1. The molecule has 1 nitrogen and oxygen atoms in total. The summed E-state index contributed by atoms with van der Waals surface area (Å²) in [5.74, 6) is 0. The minimum Gasteiger partial charge on any atom is -0.326 e. The van der Waals surface area contributed by atoms with Crippen molar-refractivity contribution in [2.45, 2.75) is 26.2 Å². The monoisotopic (exact) mass is 165 g/mol. The molecule has 2 N–H and O–H groups in total. The van der Waals surface area contributed by atoms with E-state index in [9.17, 15) is 0 Å². The van der Waals surface area contributed by atoms with Crippen molar-refractivity contribution < 1.29 is 0 Å². The average Bonchev–Trinajstić information content (AvgIpc) is 2.10. The zero-order chi connectivity index (χ0) is 9.23. The first-order chi connectivity index (χ1) is 5.85. The van der Waals surface area contributed by atoms with Gasteiger partial charge in [-0.1, -0.05) is 50.6 Å². The lowest BCUT2D eigenvalue weighted by Crippen LogP contribution is -2.00. The molecule has 0 unspecified atom stereocenters. The topological polar surface area (TPSA) is 26.0 Å². The van der Waals surface area contributed by atoms with Crippen LogP contribution in [0.2, 0.25) is 0 Å². The molecule has 0 amide bonds. The van der Waals surface area contributed by atoms with Crippen LogP contribution in [0, 0.1) is 0 Å². The van der Waals surface area contributed by atoms with Crippen molar-refractivity contribution in [3.05, 3.63) is 36.5 Å². The second-order valence-corrected chi connectivity index (χ2v) is 2.73. The van der Waals surface area contributed by atoms with Crippen molar-refractivity contribution in [1.29, 1.82) is 0 Å². The lowest BCUT2D eigenvalue weighted by molar-refractivity contribution is 0.814. The Labute approximate surface area is 75.7 Å². The van der Waals surface area contributed by atoms with Gasteiger partial charge in [0, 0.05) is 6.54 Å². The molecule has 0 aliphatic rings. The number of rotatable bonds is 6. The molecule has 0 bridgehead atoms. The molecule has 0 atom stereocenters. The van der Waals surface area contributed by atoms with E-state index in [1.54, 1.807) is 6.08 Å². The fourth-order valence-electron chi connectivity index (χ4n) is 0.900. The summed E-state index contributed by atoms with van der Waals surface area (Å²) in [6.45, 7) is 6.41. The van der Waals surface area contributed by atoms with Gasteiger partial charge in [0.15, 0.2) is 0 Å². The average molecular weight is 165 g/mol. The highest BCUT2D eigenvalue weighted by Crippen LogP contribution is 1.99. The first-order valence-corrected chi connectivity index (χ1v) is 4.53. The molecule has 0 aromatic rings. The van der Waals surface area contributed by atoms with Gasteiger partial charge in [-0.15, -0.1) is 0 Å². The molecule has 1 heteroatoms. The molecule has 0 heterocycles. The molecule has 0 radical (unpaired) electrons. The van der Waals surface area contributed by atoms with Crippen LogP contribution in [-0.4, -0.2) is 6.54 Å². The summed E-state index contributed by atoms with van der Waals surface area (Å²) in [6, 6.07) is 0. The minimum absolute atomic E-state index is 0.592. The van der Waals surface area contributed by atoms with E-state index >= 15 is 0 Å². The van der Waals surface area contributed by atoms with Crippen LogP contribution < -0.4 is 5.73 Å². The maximum Gasteiger partial charge on any atom is 0.0177 e. The zero-order valence-corrected chi connectivity index (χ0v) is 7.92. The van der Waals surface area contributed by atoms with Gasteiger partial charge in [-0.25, -0.2) is 0 Å². The molecular weight excluding hydrogens is 146 g/mol. The van der Waals surface area contributed by atoms with Crippen LogP contribution in [0.15, 0.2) is 36.5 Å². The Balaban J connectivity index is 3.76. The molecule has 0 aromatic carbocycles. The quantitative estimate of drug-likeness (QED) is 0.475. The second-order valence-electron chi connectivity index (χ2n) is 2.73. The van der Waals surface area contributed by atoms with E-state index in [1.807, 2.05) is 6.08 Å². The maximum absolute atomic E-state index is 5.51. The van der Waals surface area contributed by atoms with Crippen molar-refractivity contribution in [1.82, 2.24) is 0 Å². The maximum atomic E-state index is 5.51. The smallest absolute Gasteiger partial charge is 0.0177 e. The third-order valence-electron chi connectivity index (χ3n) is 1.62.